The Morgan fingerprint density at radius 3 is 2.70 bits per heavy atom. The summed E-state index contributed by atoms with van der Waals surface area (Å²) in [5, 5.41) is 20.1. The first-order valence-corrected chi connectivity index (χ1v) is 10.7. The number of aromatic nitrogens is 2. The molecule has 1 fully saturated rings. The molecule has 0 spiro atoms. The first-order valence-electron chi connectivity index (χ1n) is 10.7. The minimum Gasteiger partial charge on any atom is -0.482 e. The summed E-state index contributed by atoms with van der Waals surface area (Å²) in [5.74, 6) is -0.932. The van der Waals surface area contributed by atoms with Crippen LogP contribution in [0.5, 0.6) is 5.75 Å². The van der Waals surface area contributed by atoms with Crippen LogP contribution in [0.1, 0.15) is 23.2 Å². The summed E-state index contributed by atoms with van der Waals surface area (Å²) in [7, 11) is 1.66. The van der Waals surface area contributed by atoms with Crippen molar-refractivity contribution in [1.82, 2.24) is 14.9 Å². The normalized spacial score (nSPS) is 18.2. The van der Waals surface area contributed by atoms with Crippen molar-refractivity contribution in [3.05, 3.63) is 60.4 Å². The molecule has 0 radical (unpaired) electrons. The van der Waals surface area contributed by atoms with Crippen LogP contribution in [-0.2, 0) is 4.79 Å². The Bertz CT molecular complexity index is 1150. The van der Waals surface area contributed by atoms with Gasteiger partial charge in [-0.2, -0.15) is 0 Å². The number of carboxylic acids is 1. The van der Waals surface area contributed by atoms with Gasteiger partial charge in [-0.3, -0.25) is 14.8 Å². The molecule has 1 aromatic carbocycles. The zero-order chi connectivity index (χ0) is 23.4. The van der Waals surface area contributed by atoms with Crippen LogP contribution in [0.4, 0.5) is 5.69 Å². The van der Waals surface area contributed by atoms with Gasteiger partial charge < -0.3 is 24.7 Å². The topological polar surface area (TPSA) is 116 Å². The maximum absolute atomic E-state index is 12.9. The molecule has 0 aliphatic carbocycles. The second-order valence-corrected chi connectivity index (χ2v) is 8.32. The number of aliphatic carboxylic acids is 1. The number of amides is 1. The fourth-order valence-electron chi connectivity index (χ4n) is 4.24. The third-order valence-electron chi connectivity index (χ3n) is 5.71. The van der Waals surface area contributed by atoms with Gasteiger partial charge in [0.25, 0.3) is 5.91 Å². The highest BCUT2D eigenvalue weighted by atomic mass is 16.5. The molecule has 172 valence electrons. The molecule has 1 unspecified atom stereocenters. The Balaban J connectivity index is 1.44. The van der Waals surface area contributed by atoms with E-state index in [0.717, 1.165) is 29.7 Å². The van der Waals surface area contributed by atoms with Gasteiger partial charge in [0.2, 0.25) is 0 Å². The number of benzene rings is 1. The van der Waals surface area contributed by atoms with E-state index in [-0.39, 0.29) is 12.5 Å². The van der Waals surface area contributed by atoms with Crippen LogP contribution in [0.15, 0.2) is 54.9 Å². The Hall–Kier alpha value is -3.72. The van der Waals surface area contributed by atoms with Gasteiger partial charge >= 0.3 is 5.97 Å². The van der Waals surface area contributed by atoms with Crippen molar-refractivity contribution in [3.63, 3.8) is 0 Å². The monoisotopic (exact) mass is 450 g/mol. The first kappa shape index (κ1) is 22.5. The minimum absolute atomic E-state index is 0.177. The summed E-state index contributed by atoms with van der Waals surface area (Å²) in [4.78, 5) is 36.0. The molecule has 1 saturated heterocycles. The van der Waals surface area contributed by atoms with Gasteiger partial charge in [-0.25, -0.2) is 4.79 Å². The molecule has 33 heavy (non-hydrogen) atoms. The quantitative estimate of drug-likeness (QED) is 0.563. The second-order valence-electron chi connectivity index (χ2n) is 8.32. The fraction of sp³-hybridized carbons (Fsp3) is 0.333. The highest BCUT2D eigenvalue weighted by Gasteiger charge is 2.36. The van der Waals surface area contributed by atoms with Crippen molar-refractivity contribution in [2.75, 3.05) is 38.2 Å². The summed E-state index contributed by atoms with van der Waals surface area (Å²) in [6, 6.07) is 11.9. The van der Waals surface area contributed by atoms with Crippen LogP contribution in [-0.4, -0.2) is 75.8 Å². The molecule has 3 heterocycles. The standard InChI is InChI=1S/C24H26N4O5/c1-27(23(31)17-5-7-18(8-6-17)33-14-21(29)30)15-24(32)10-3-13-28(16-24)20-9-12-25-19-4-2-11-26-22(19)20/h2,4-9,11-12,32H,3,10,13-16H2,1H3,(H,29,30). The Morgan fingerprint density at radius 2 is 1.94 bits per heavy atom. The number of β-amino-alcohol motifs (C(OH)–C–C–N with tert-alkyl or cyclic N) is 1. The number of carbonyl (C=O) groups is 2. The maximum Gasteiger partial charge on any atom is 0.341 e. The second kappa shape index (κ2) is 9.41. The number of nitrogens with zero attached hydrogens (tertiary/aromatic N) is 4. The number of fused-ring (bicyclic) bond motifs is 1. The van der Waals surface area contributed by atoms with Crippen molar-refractivity contribution >= 4 is 28.6 Å². The number of pyridine rings is 2. The number of rotatable bonds is 7. The summed E-state index contributed by atoms with van der Waals surface area (Å²) < 4.78 is 5.11. The Morgan fingerprint density at radius 1 is 1.15 bits per heavy atom. The number of carbonyl (C=O) groups excluding carboxylic acids is 1. The van der Waals surface area contributed by atoms with Crippen molar-refractivity contribution in [3.8, 4) is 5.75 Å². The van der Waals surface area contributed by atoms with E-state index in [1.54, 1.807) is 43.7 Å². The third kappa shape index (κ3) is 5.20. The predicted octanol–water partition coefficient (Wildman–Crippen LogP) is 2.20. The van der Waals surface area contributed by atoms with E-state index < -0.39 is 18.2 Å². The number of hydrogen-bond donors (Lipinski definition) is 2. The molecule has 1 aliphatic heterocycles. The van der Waals surface area contributed by atoms with Crippen molar-refractivity contribution in [2.24, 2.45) is 0 Å². The van der Waals surface area contributed by atoms with Gasteiger partial charge in [0, 0.05) is 38.1 Å². The number of ether oxygens (including phenoxy) is 1. The lowest BCUT2D eigenvalue weighted by molar-refractivity contribution is -0.139. The maximum atomic E-state index is 12.9. The van der Waals surface area contributed by atoms with E-state index in [0.29, 0.717) is 24.3 Å². The molecule has 4 rings (SSSR count). The van der Waals surface area contributed by atoms with Gasteiger partial charge in [-0.05, 0) is 55.3 Å². The zero-order valence-corrected chi connectivity index (χ0v) is 18.3. The molecule has 0 saturated carbocycles. The Kier molecular flexibility index (Phi) is 6.41. The smallest absolute Gasteiger partial charge is 0.341 e. The van der Waals surface area contributed by atoms with Crippen LogP contribution in [0.25, 0.3) is 11.0 Å². The number of piperidine rings is 1. The lowest BCUT2D eigenvalue weighted by Gasteiger charge is -2.42. The van der Waals surface area contributed by atoms with Crippen LogP contribution in [0.2, 0.25) is 0 Å². The summed E-state index contributed by atoms with van der Waals surface area (Å²) in [5.41, 5.74) is 1.87. The van der Waals surface area contributed by atoms with Crippen molar-refractivity contribution < 1.29 is 24.5 Å². The lowest BCUT2D eigenvalue weighted by Crippen LogP contribution is -2.54. The zero-order valence-electron chi connectivity index (χ0n) is 18.3. The third-order valence-corrected chi connectivity index (χ3v) is 5.71. The fourth-order valence-corrected chi connectivity index (χ4v) is 4.24. The van der Waals surface area contributed by atoms with E-state index >= 15 is 0 Å². The molecule has 1 amide bonds. The van der Waals surface area contributed by atoms with Gasteiger partial charge in [0.1, 0.15) is 11.3 Å². The number of hydrogen-bond acceptors (Lipinski definition) is 7. The molecule has 2 N–H and O–H groups in total. The van der Waals surface area contributed by atoms with Crippen LogP contribution in [0.3, 0.4) is 0 Å². The number of aliphatic hydroxyl groups is 1. The van der Waals surface area contributed by atoms with Crippen LogP contribution in [0, 0.1) is 0 Å². The average molecular weight is 450 g/mol. The average Bonchev–Trinajstić information content (AvgIpc) is 2.82. The van der Waals surface area contributed by atoms with Crippen molar-refractivity contribution in [1.29, 1.82) is 0 Å². The molecular formula is C24H26N4O5. The molecule has 9 nitrogen and oxygen atoms in total. The number of likely N-dealkylation sites (N-methyl/N-ethyl adjacent to an activating group) is 1. The highest BCUT2D eigenvalue weighted by Crippen LogP contribution is 2.30. The summed E-state index contributed by atoms with van der Waals surface area (Å²) in [6.07, 6.45) is 4.84. The van der Waals surface area contributed by atoms with E-state index in [9.17, 15) is 14.7 Å². The minimum atomic E-state index is -1.07. The van der Waals surface area contributed by atoms with E-state index in [1.165, 1.54) is 4.90 Å². The molecule has 3 aromatic rings. The van der Waals surface area contributed by atoms with Gasteiger partial charge in [0.05, 0.1) is 23.3 Å². The molecule has 9 heteroatoms. The molecule has 0 bridgehead atoms. The molecule has 1 atom stereocenters. The SMILES string of the molecule is CN(CC1(O)CCCN(c2ccnc3cccnc23)C1)C(=O)c1ccc(OCC(=O)O)cc1. The molecule has 2 aromatic heterocycles. The van der Waals surface area contributed by atoms with Crippen molar-refractivity contribution in [2.45, 2.75) is 18.4 Å². The highest BCUT2D eigenvalue weighted by molar-refractivity contribution is 5.94. The predicted molar refractivity (Wildman–Crippen MR) is 122 cm³/mol. The van der Waals surface area contributed by atoms with Crippen LogP contribution < -0.4 is 9.64 Å². The number of anilines is 1. The molecule has 1 aliphatic rings. The molecular weight excluding hydrogens is 424 g/mol. The van der Waals surface area contributed by atoms with Gasteiger partial charge in [-0.15, -0.1) is 0 Å². The van der Waals surface area contributed by atoms with E-state index in [4.69, 9.17) is 9.84 Å². The largest absolute Gasteiger partial charge is 0.482 e. The van der Waals surface area contributed by atoms with E-state index in [1.807, 2.05) is 18.2 Å². The first-order chi connectivity index (χ1) is 15.8. The van der Waals surface area contributed by atoms with E-state index in [2.05, 4.69) is 14.9 Å². The summed E-state index contributed by atoms with van der Waals surface area (Å²) in [6.45, 7) is 0.894. The van der Waals surface area contributed by atoms with Gasteiger partial charge in [-0.1, -0.05) is 0 Å². The lowest BCUT2D eigenvalue weighted by atomic mass is 9.91. The summed E-state index contributed by atoms with van der Waals surface area (Å²) >= 11 is 0. The van der Waals surface area contributed by atoms with Gasteiger partial charge in [0.15, 0.2) is 6.61 Å². The number of carboxylic acid groups (broad SMARTS) is 1. The Labute approximate surface area is 191 Å². The van der Waals surface area contributed by atoms with Crippen LogP contribution >= 0.6 is 0 Å².